The maximum Gasteiger partial charge on any atom is 0.120 e. The monoisotopic (exact) mass is 337 g/mol. The first-order valence-electron chi connectivity index (χ1n) is 7.35. The minimum absolute atomic E-state index is 0.405. The van der Waals surface area contributed by atoms with Gasteiger partial charge in [0.15, 0.2) is 0 Å². The molecular weight excluding hydrogens is 318 g/mol. The van der Waals surface area contributed by atoms with E-state index in [0.717, 1.165) is 35.4 Å². The maximum atomic E-state index is 10.1. The van der Waals surface area contributed by atoms with Gasteiger partial charge in [0, 0.05) is 12.1 Å². The summed E-state index contributed by atoms with van der Waals surface area (Å²) in [7, 11) is 3.43. The first-order chi connectivity index (χ1) is 10.2. The molecule has 1 aliphatic heterocycles. The van der Waals surface area contributed by atoms with Crippen LogP contribution in [-0.4, -0.2) is 23.1 Å². The van der Waals surface area contributed by atoms with E-state index in [2.05, 4.69) is 17.9 Å². The van der Waals surface area contributed by atoms with E-state index in [1.54, 1.807) is 20.7 Å². The molecule has 112 valence electrons. The highest BCUT2D eigenvalue weighted by molar-refractivity contribution is 7.80. The summed E-state index contributed by atoms with van der Waals surface area (Å²) < 4.78 is 1.01. The number of benzene rings is 1. The predicted molar refractivity (Wildman–Crippen MR) is 94.0 cm³/mol. The van der Waals surface area contributed by atoms with E-state index in [4.69, 9.17) is 12.2 Å². The molecule has 2 heterocycles. The first kappa shape index (κ1) is 15.2. The van der Waals surface area contributed by atoms with Crippen LogP contribution in [-0.2, 0) is 13.0 Å². The van der Waals surface area contributed by atoms with Gasteiger partial charge < -0.3 is 5.11 Å². The Balaban J connectivity index is 1.94. The van der Waals surface area contributed by atoms with Crippen molar-refractivity contribution in [2.24, 2.45) is 0 Å². The summed E-state index contributed by atoms with van der Waals surface area (Å²) >= 11 is 5.42. The lowest BCUT2D eigenvalue weighted by Gasteiger charge is -2.16. The number of hydrogen-bond donors (Lipinski definition) is 1. The standard InChI is InChI=1S/C16H19NOS3/c1-2-13-15(20-21-16(13)19)11-5-6-14(18)12(9-11)10-17-7-3-4-8-17/h5-6,9,18H,2-4,7-8,10H2,1H3. The van der Waals surface area contributed by atoms with Gasteiger partial charge >= 0.3 is 0 Å². The Bertz CT molecular complexity index is 683. The van der Waals surface area contributed by atoms with Gasteiger partial charge in [-0.25, -0.2) is 0 Å². The zero-order chi connectivity index (χ0) is 14.8. The Morgan fingerprint density at radius 2 is 2.00 bits per heavy atom. The average molecular weight is 338 g/mol. The minimum Gasteiger partial charge on any atom is -0.508 e. The Morgan fingerprint density at radius 3 is 2.71 bits per heavy atom. The zero-order valence-corrected chi connectivity index (χ0v) is 14.5. The third-order valence-electron chi connectivity index (χ3n) is 4.01. The minimum atomic E-state index is 0.405. The van der Waals surface area contributed by atoms with Gasteiger partial charge in [-0.05, 0) is 61.7 Å². The van der Waals surface area contributed by atoms with E-state index >= 15 is 0 Å². The van der Waals surface area contributed by atoms with Crippen LogP contribution in [0.15, 0.2) is 18.2 Å². The molecule has 0 saturated carbocycles. The highest BCUT2D eigenvalue weighted by atomic mass is 32.9. The first-order valence-corrected chi connectivity index (χ1v) is 9.91. The molecule has 0 amide bonds. The second kappa shape index (κ2) is 6.57. The van der Waals surface area contributed by atoms with Crippen molar-refractivity contribution in [2.75, 3.05) is 13.1 Å². The summed E-state index contributed by atoms with van der Waals surface area (Å²) in [5.74, 6) is 0.405. The fourth-order valence-corrected chi connectivity index (χ4v) is 5.96. The molecule has 1 N–H and O–H groups in total. The molecule has 0 radical (unpaired) electrons. The lowest BCUT2D eigenvalue weighted by molar-refractivity contribution is 0.324. The summed E-state index contributed by atoms with van der Waals surface area (Å²) in [4.78, 5) is 3.69. The smallest absolute Gasteiger partial charge is 0.120 e. The largest absolute Gasteiger partial charge is 0.508 e. The van der Waals surface area contributed by atoms with Crippen LogP contribution >= 0.6 is 32.9 Å². The molecule has 2 aromatic rings. The van der Waals surface area contributed by atoms with E-state index in [9.17, 15) is 5.11 Å². The van der Waals surface area contributed by atoms with Gasteiger partial charge in [0.1, 0.15) is 9.57 Å². The summed E-state index contributed by atoms with van der Waals surface area (Å²) in [5.41, 5.74) is 3.50. The molecule has 0 unspecified atom stereocenters. The number of rotatable bonds is 4. The van der Waals surface area contributed by atoms with Crippen molar-refractivity contribution < 1.29 is 5.11 Å². The third kappa shape index (κ3) is 3.21. The lowest BCUT2D eigenvalue weighted by Crippen LogP contribution is -2.18. The van der Waals surface area contributed by atoms with Crippen LogP contribution in [0.3, 0.4) is 0 Å². The van der Waals surface area contributed by atoms with Crippen molar-refractivity contribution in [1.82, 2.24) is 4.90 Å². The Labute approximate surface area is 138 Å². The second-order valence-electron chi connectivity index (χ2n) is 5.44. The number of phenols is 1. The number of nitrogens with zero attached hydrogens (tertiary/aromatic N) is 1. The van der Waals surface area contributed by atoms with E-state index in [1.165, 1.54) is 28.8 Å². The lowest BCUT2D eigenvalue weighted by atomic mass is 10.0. The summed E-state index contributed by atoms with van der Waals surface area (Å²) in [6.07, 6.45) is 3.51. The number of aromatic hydroxyl groups is 1. The van der Waals surface area contributed by atoms with E-state index in [0.29, 0.717) is 5.75 Å². The number of hydrogen-bond acceptors (Lipinski definition) is 5. The zero-order valence-electron chi connectivity index (χ0n) is 12.1. The molecule has 3 rings (SSSR count). The van der Waals surface area contributed by atoms with Crippen LogP contribution in [0, 0.1) is 3.82 Å². The molecule has 2 nitrogen and oxygen atoms in total. The van der Waals surface area contributed by atoms with Gasteiger partial charge in [0.25, 0.3) is 0 Å². The van der Waals surface area contributed by atoms with Crippen LogP contribution in [0.2, 0.25) is 0 Å². The van der Waals surface area contributed by atoms with Gasteiger partial charge in [-0.3, -0.25) is 4.90 Å². The van der Waals surface area contributed by atoms with Crippen LogP contribution in [0.4, 0.5) is 0 Å². The fraction of sp³-hybridized carbons (Fsp3) is 0.438. The third-order valence-corrected chi connectivity index (χ3v) is 7.20. The Hall–Kier alpha value is -0.750. The molecule has 1 aromatic carbocycles. The van der Waals surface area contributed by atoms with Crippen molar-refractivity contribution in [3.63, 3.8) is 0 Å². The molecule has 0 bridgehead atoms. The Kier molecular flexibility index (Phi) is 4.74. The van der Waals surface area contributed by atoms with Crippen molar-refractivity contribution in [2.45, 2.75) is 32.7 Å². The van der Waals surface area contributed by atoms with E-state index in [1.807, 2.05) is 12.1 Å². The normalized spacial score (nSPS) is 15.7. The van der Waals surface area contributed by atoms with Gasteiger partial charge in [0.2, 0.25) is 0 Å². The SMILES string of the molecule is CCc1c(-c2ccc(O)c(CN3CCCC3)c2)ssc1=S. The topological polar surface area (TPSA) is 23.5 Å². The highest BCUT2D eigenvalue weighted by Gasteiger charge is 2.16. The van der Waals surface area contributed by atoms with Gasteiger partial charge in [-0.15, -0.1) is 0 Å². The molecule has 0 aliphatic carbocycles. The van der Waals surface area contributed by atoms with Gasteiger partial charge in [-0.2, -0.15) is 0 Å². The fourth-order valence-electron chi connectivity index (χ4n) is 2.84. The molecule has 0 spiro atoms. The van der Waals surface area contributed by atoms with Crippen LogP contribution in [0.1, 0.15) is 30.9 Å². The highest BCUT2D eigenvalue weighted by Crippen LogP contribution is 2.37. The van der Waals surface area contributed by atoms with Crippen molar-refractivity contribution in [1.29, 1.82) is 0 Å². The predicted octanol–water partition coefficient (Wildman–Crippen LogP) is 5.07. The molecule has 1 fully saturated rings. The van der Waals surface area contributed by atoms with Gasteiger partial charge in [-0.1, -0.05) is 39.8 Å². The van der Waals surface area contributed by atoms with Crippen molar-refractivity contribution >= 4 is 32.9 Å². The van der Waals surface area contributed by atoms with Crippen LogP contribution in [0.5, 0.6) is 5.75 Å². The molecule has 1 saturated heterocycles. The molecule has 0 atom stereocenters. The summed E-state index contributed by atoms with van der Waals surface area (Å²) in [5, 5.41) is 10.1. The molecule has 1 aliphatic rings. The van der Waals surface area contributed by atoms with Crippen LogP contribution < -0.4 is 0 Å². The van der Waals surface area contributed by atoms with Gasteiger partial charge in [0.05, 0.1) is 4.88 Å². The molecular formula is C16H19NOS3. The van der Waals surface area contributed by atoms with Crippen molar-refractivity contribution in [3.05, 3.63) is 33.1 Å². The average Bonchev–Trinajstić information content (AvgIpc) is 3.10. The molecule has 21 heavy (non-hydrogen) atoms. The second-order valence-corrected chi connectivity index (χ2v) is 8.26. The molecule has 1 aromatic heterocycles. The quantitative estimate of drug-likeness (QED) is 0.622. The summed E-state index contributed by atoms with van der Waals surface area (Å²) in [6, 6.07) is 5.98. The van der Waals surface area contributed by atoms with E-state index < -0.39 is 0 Å². The van der Waals surface area contributed by atoms with Crippen LogP contribution in [0.25, 0.3) is 10.4 Å². The maximum absolute atomic E-state index is 10.1. The van der Waals surface area contributed by atoms with Crippen molar-refractivity contribution in [3.8, 4) is 16.2 Å². The summed E-state index contributed by atoms with van der Waals surface area (Å²) in [6.45, 7) is 5.28. The number of likely N-dealkylation sites (tertiary alicyclic amines) is 1. The number of phenolic OH excluding ortho intramolecular Hbond substituents is 1. The van der Waals surface area contributed by atoms with E-state index in [-0.39, 0.29) is 0 Å². The Morgan fingerprint density at radius 1 is 1.24 bits per heavy atom. The molecule has 5 heteroatoms.